The van der Waals surface area contributed by atoms with Crippen molar-refractivity contribution < 1.29 is 27.8 Å². The molecule has 14 rings (SSSR count). The van der Waals surface area contributed by atoms with E-state index in [0.29, 0.717) is 55.4 Å². The van der Waals surface area contributed by atoms with Crippen LogP contribution in [0.4, 0.5) is 16.0 Å². The van der Waals surface area contributed by atoms with Crippen LogP contribution >= 0.6 is 0 Å². The van der Waals surface area contributed by atoms with E-state index in [9.17, 15) is 27.8 Å². The Morgan fingerprint density at radius 1 is 0.505 bits per heavy atom. The number of aliphatic hydroxyl groups excluding tert-OH is 1. The fourth-order valence-electron chi connectivity index (χ4n) is 12.0. The largest absolute Gasteiger partial charge is 0.481 e. The summed E-state index contributed by atoms with van der Waals surface area (Å²) in [5.41, 5.74) is 14.7. The number of anilines is 2. The van der Waals surface area contributed by atoms with Gasteiger partial charge in [0.1, 0.15) is 17.8 Å². The third kappa shape index (κ3) is 16.2. The van der Waals surface area contributed by atoms with Crippen molar-refractivity contribution in [2.75, 3.05) is 22.9 Å². The Morgan fingerprint density at radius 3 is 1.29 bits per heavy atom. The van der Waals surface area contributed by atoms with Crippen LogP contribution in [0.25, 0.3) is 101 Å². The quantitative estimate of drug-likeness (QED) is 0.0566. The summed E-state index contributed by atoms with van der Waals surface area (Å²) in [6.07, 6.45) is 29.8. The lowest BCUT2D eigenvalue weighted by atomic mass is 9.82. The number of carboxylic acids is 1. The average molecular weight is 1330 g/mol. The second-order valence-electron chi connectivity index (χ2n) is 24.5. The minimum Gasteiger partial charge on any atom is -0.481 e. The third-order valence-corrected chi connectivity index (χ3v) is 17.9. The highest BCUT2D eigenvalue weighted by Gasteiger charge is 2.33. The molecule has 0 spiro atoms. The van der Waals surface area contributed by atoms with Crippen molar-refractivity contribution in [3.8, 4) is 101 Å². The van der Waals surface area contributed by atoms with Gasteiger partial charge in [0.25, 0.3) is 0 Å². The lowest BCUT2D eigenvalue weighted by Gasteiger charge is -2.29. The highest BCUT2D eigenvalue weighted by Crippen LogP contribution is 2.40. The van der Waals surface area contributed by atoms with E-state index in [0.717, 1.165) is 108 Å². The fraction of sp³-hybridized carbons (Fsp3) is 0.290. The number of alkyl halides is 1. The van der Waals surface area contributed by atoms with Crippen LogP contribution < -0.4 is 15.8 Å². The monoisotopic (exact) mass is 1330 g/mol. The van der Waals surface area contributed by atoms with E-state index in [4.69, 9.17) is 15.1 Å². The van der Waals surface area contributed by atoms with Gasteiger partial charge in [-0.3, -0.25) is 32.9 Å². The summed E-state index contributed by atoms with van der Waals surface area (Å²) in [5, 5.41) is 56.8. The van der Waals surface area contributed by atoms with E-state index in [-0.39, 0.29) is 30.2 Å². The summed E-state index contributed by atoms with van der Waals surface area (Å²) in [5.74, 6) is 1.77. The molecule has 9 aromatic heterocycles. The lowest BCUT2D eigenvalue weighted by molar-refractivity contribution is -0.142. The Labute approximate surface area is 559 Å². The predicted octanol–water partition coefficient (Wildman–Crippen LogP) is 9.56. The maximum atomic E-state index is 13.9. The highest BCUT2D eigenvalue weighted by molar-refractivity contribution is 7.89. The van der Waals surface area contributed by atoms with Gasteiger partial charge in [-0.1, -0.05) is 54.6 Å². The summed E-state index contributed by atoms with van der Waals surface area (Å²) in [4.78, 5) is 39.8. The number of aliphatic carboxylic acids is 1. The second-order valence-corrected chi connectivity index (χ2v) is 26.2. The molecule has 0 aliphatic heterocycles. The number of sulfonamides is 1. The number of carbonyl (C=O) groups is 1. The molecule has 2 fully saturated rings. The number of benzene rings is 3. The Hall–Kier alpha value is -11.0. The van der Waals surface area contributed by atoms with Crippen molar-refractivity contribution >= 4 is 27.6 Å². The molecule has 3 aromatic carbocycles. The van der Waals surface area contributed by atoms with Gasteiger partial charge in [0.2, 0.25) is 10.0 Å². The van der Waals surface area contributed by atoms with Crippen LogP contribution in [0.15, 0.2) is 166 Å². The molecule has 26 nitrogen and oxygen atoms in total. The standard InChI is InChI=1S/C25H27N7O2.C24H25FN6O.C20H22N8O2S/c1-31-14-19(11-27-31)17-4-3-5-18(10-17)23-26-13-22(20-12-28-32(2)15-20)24(30-23)29-21-8-6-16(7-9-21)25(33)34;1-30-13-18(10-27-30)15-4-3-5-17(8-15)24-26-12-20(19-11-28-31(2)14-19)23(29-24)16-6-7-21(25)22(32)9-16;1-27-12-16(9-24-27)14-4-3-5-15(8-14)19-23-11-18(17-10-25-28(2)13-17)20(26-19)22-6-7-31(21,29)30/h3-5,10-16,21H,6-9H2,1-2H3,(H,33,34)(H,26,29,30);3-5,8,10-14,16,21-22,32H,6-7,9H2,1-2H3;3-5,8-13H,6-7H2,1-2H3,(H2,21,29,30)(H,22,23,26)/t;16?,21-,22-;/m.0./s1. The SMILES string of the molecule is Cn1cc(-c2cccc(-c3ncc(-c4cnn(C)c4)c(C4CC[C@H](F)[C@@H](O)C4)n3)c2)cn1.Cn1cc(-c2cccc(-c3ncc(-c4cnn(C)c4)c(NC4CCC(C(=O)O)CC4)n3)c2)cn1.Cn1cc(-c2cccc(-c3ncc(-c4cnn(C)c4)c(NCCS(N)(=O)=O)n3)c2)cn1. The molecule has 6 N–H and O–H groups in total. The van der Waals surface area contributed by atoms with Crippen LogP contribution in [0.1, 0.15) is 56.6 Å². The van der Waals surface area contributed by atoms with Gasteiger partial charge >= 0.3 is 5.97 Å². The number of hydrogen-bond acceptors (Lipinski definition) is 18. The maximum Gasteiger partial charge on any atom is 0.306 e. The van der Waals surface area contributed by atoms with Crippen molar-refractivity contribution in [1.82, 2.24) is 88.6 Å². The highest BCUT2D eigenvalue weighted by atomic mass is 32.2. The number of aryl methyl sites for hydroxylation is 6. The molecule has 0 bridgehead atoms. The molecule has 28 heteroatoms. The smallest absolute Gasteiger partial charge is 0.306 e. The zero-order valence-corrected chi connectivity index (χ0v) is 55.2. The summed E-state index contributed by atoms with van der Waals surface area (Å²) < 4.78 is 47.1. The minimum atomic E-state index is -3.59. The number of halogens is 1. The molecule has 0 amide bonds. The molecule has 3 atom stereocenters. The Kier molecular flexibility index (Phi) is 19.7. The first-order valence-corrected chi connectivity index (χ1v) is 33.4. The van der Waals surface area contributed by atoms with Crippen LogP contribution in [-0.4, -0.2) is 144 Å². The molecule has 0 radical (unpaired) electrons. The van der Waals surface area contributed by atoms with Gasteiger partial charge in [0.15, 0.2) is 17.5 Å². The number of aromatic nitrogens is 18. The minimum absolute atomic E-state index is 0.0459. The molecule has 1 unspecified atom stereocenters. The lowest BCUT2D eigenvalue weighted by Crippen LogP contribution is -2.30. The van der Waals surface area contributed by atoms with Gasteiger partial charge in [-0.05, 0) is 79.8 Å². The first-order chi connectivity index (χ1) is 46.7. The van der Waals surface area contributed by atoms with Gasteiger partial charge in [-0.15, -0.1) is 0 Å². The van der Waals surface area contributed by atoms with E-state index >= 15 is 0 Å². The van der Waals surface area contributed by atoms with Gasteiger partial charge in [0.05, 0.1) is 60.6 Å². The molecular formula is C69H74FN21O5S. The summed E-state index contributed by atoms with van der Waals surface area (Å²) in [6.45, 7) is 0.123. The first-order valence-electron chi connectivity index (χ1n) is 31.6. The Balaban J connectivity index is 0.000000139. The van der Waals surface area contributed by atoms with Gasteiger partial charge in [0, 0.05) is 183 Å². The maximum absolute atomic E-state index is 13.9. The van der Waals surface area contributed by atoms with Gasteiger partial charge in [-0.25, -0.2) is 47.9 Å². The zero-order chi connectivity index (χ0) is 67.9. The van der Waals surface area contributed by atoms with Crippen LogP contribution in [0.2, 0.25) is 0 Å². The number of hydrogen-bond donors (Lipinski definition) is 5. The predicted molar refractivity (Wildman–Crippen MR) is 367 cm³/mol. The third-order valence-electron chi connectivity index (χ3n) is 17.1. The van der Waals surface area contributed by atoms with Gasteiger partial charge in [-0.2, -0.15) is 30.6 Å². The van der Waals surface area contributed by atoms with Crippen LogP contribution in [0, 0.1) is 5.92 Å². The van der Waals surface area contributed by atoms with Crippen molar-refractivity contribution in [2.24, 2.45) is 53.3 Å². The molecule has 2 aliphatic rings. The Bertz CT molecular complexity index is 4850. The van der Waals surface area contributed by atoms with E-state index < -0.39 is 28.3 Å². The van der Waals surface area contributed by atoms with E-state index in [1.165, 1.54) is 0 Å². The van der Waals surface area contributed by atoms with Crippen LogP contribution in [-0.2, 0) is 57.1 Å². The first kappa shape index (κ1) is 66.1. The number of nitrogens with zero attached hydrogens (tertiary/aromatic N) is 18. The van der Waals surface area contributed by atoms with Crippen molar-refractivity contribution in [3.63, 3.8) is 0 Å². The number of carboxylic acid groups (broad SMARTS) is 1. The van der Waals surface area contributed by atoms with Crippen LogP contribution in [0.3, 0.4) is 0 Å². The molecule has 97 heavy (non-hydrogen) atoms. The van der Waals surface area contributed by atoms with Crippen molar-refractivity contribution in [3.05, 3.63) is 171 Å². The summed E-state index contributed by atoms with van der Waals surface area (Å²) >= 11 is 0. The summed E-state index contributed by atoms with van der Waals surface area (Å²) in [6, 6.07) is 24.2. The average Bonchev–Trinajstić information content (AvgIpc) is 1.69. The number of aliphatic hydroxyl groups is 1. The van der Waals surface area contributed by atoms with Crippen molar-refractivity contribution in [1.29, 1.82) is 0 Å². The number of nitrogens with two attached hydrogens (primary N) is 1. The number of nitrogens with one attached hydrogen (secondary N) is 2. The molecule has 498 valence electrons. The topological polar surface area (TPSA) is 326 Å². The van der Waals surface area contributed by atoms with E-state index in [2.05, 4.69) is 67.2 Å². The molecule has 2 aliphatic carbocycles. The van der Waals surface area contributed by atoms with E-state index in [1.54, 1.807) is 59.1 Å². The number of primary sulfonamides is 1. The molecule has 9 heterocycles. The van der Waals surface area contributed by atoms with Crippen molar-refractivity contribution in [2.45, 2.75) is 69.2 Å². The molecular weight excluding hydrogens is 1250 g/mol. The molecule has 2 saturated carbocycles. The van der Waals surface area contributed by atoms with E-state index in [1.807, 2.05) is 171 Å². The normalized spacial score (nSPS) is 17.0. The second kappa shape index (κ2) is 28.9. The number of rotatable bonds is 17. The van der Waals surface area contributed by atoms with Crippen LogP contribution in [0.5, 0.6) is 0 Å². The summed E-state index contributed by atoms with van der Waals surface area (Å²) in [7, 11) is 7.62. The fourth-order valence-corrected chi connectivity index (χ4v) is 12.4. The molecule has 12 aromatic rings. The van der Waals surface area contributed by atoms with Gasteiger partial charge < -0.3 is 20.8 Å². The molecule has 0 saturated heterocycles. The zero-order valence-electron chi connectivity index (χ0n) is 54.4. The Morgan fingerprint density at radius 2 is 0.887 bits per heavy atom.